The molecule has 21 heavy (non-hydrogen) atoms. The fourth-order valence-corrected chi connectivity index (χ4v) is 2.11. The minimum Gasteiger partial charge on any atom is -0.508 e. The molecule has 0 fully saturated rings. The Labute approximate surface area is 122 Å². The van der Waals surface area contributed by atoms with Gasteiger partial charge in [0.05, 0.1) is 6.42 Å². The third-order valence-electron chi connectivity index (χ3n) is 3.12. The van der Waals surface area contributed by atoms with Crippen molar-refractivity contribution in [1.82, 2.24) is 10.1 Å². The fraction of sp³-hybridized carbons (Fsp3) is 0.125. The average molecular weight is 281 g/mol. The Morgan fingerprint density at radius 2 is 1.81 bits per heavy atom. The topological polar surface area (TPSA) is 85.2 Å². The summed E-state index contributed by atoms with van der Waals surface area (Å²) in [7, 11) is 0. The van der Waals surface area contributed by atoms with Crippen LogP contribution in [0, 0.1) is 0 Å². The van der Waals surface area contributed by atoms with Crippen molar-refractivity contribution in [2.45, 2.75) is 12.8 Å². The molecule has 1 aromatic heterocycles. The molecule has 2 aromatic carbocycles. The van der Waals surface area contributed by atoms with Crippen molar-refractivity contribution in [2.24, 2.45) is 0 Å². The smallest absolute Gasteiger partial charge is 0.231 e. The highest BCUT2D eigenvalue weighted by Gasteiger charge is 2.08. The number of nitrogens with two attached hydrogens (primary N) is 1. The van der Waals surface area contributed by atoms with Crippen LogP contribution in [-0.4, -0.2) is 15.2 Å². The monoisotopic (exact) mass is 281 g/mol. The maximum Gasteiger partial charge on any atom is 0.231 e. The molecule has 0 unspecified atom stereocenters. The Hall–Kier alpha value is -2.82. The molecule has 3 aromatic rings. The molecule has 0 saturated carbocycles. The van der Waals surface area contributed by atoms with Crippen molar-refractivity contribution >= 4 is 5.69 Å². The molecule has 5 nitrogen and oxygen atoms in total. The number of rotatable bonds is 4. The van der Waals surface area contributed by atoms with Gasteiger partial charge in [-0.05, 0) is 35.4 Å². The van der Waals surface area contributed by atoms with Crippen LogP contribution in [0.4, 0.5) is 5.69 Å². The first-order valence-corrected chi connectivity index (χ1v) is 6.63. The van der Waals surface area contributed by atoms with Crippen LogP contribution in [0.25, 0.3) is 0 Å². The van der Waals surface area contributed by atoms with E-state index in [2.05, 4.69) is 10.1 Å². The van der Waals surface area contributed by atoms with Crippen molar-refractivity contribution in [2.75, 3.05) is 5.73 Å². The minimum atomic E-state index is 0.245. The lowest BCUT2D eigenvalue weighted by Crippen LogP contribution is -1.93. The van der Waals surface area contributed by atoms with E-state index in [9.17, 15) is 5.11 Å². The Morgan fingerprint density at radius 1 is 1.00 bits per heavy atom. The molecule has 0 radical (unpaired) electrons. The lowest BCUT2D eigenvalue weighted by Gasteiger charge is -1.98. The second-order valence-corrected chi connectivity index (χ2v) is 4.87. The second-order valence-electron chi connectivity index (χ2n) is 4.87. The SMILES string of the molecule is Nc1cccc(Cc2nc(Cc3ccc(O)cc3)no2)c1. The quantitative estimate of drug-likeness (QED) is 0.718. The van der Waals surface area contributed by atoms with Gasteiger partial charge >= 0.3 is 0 Å². The molecule has 0 amide bonds. The summed E-state index contributed by atoms with van der Waals surface area (Å²) in [6.45, 7) is 0. The highest BCUT2D eigenvalue weighted by Crippen LogP contribution is 2.14. The van der Waals surface area contributed by atoms with Crippen LogP contribution >= 0.6 is 0 Å². The van der Waals surface area contributed by atoms with Crippen LogP contribution in [0.2, 0.25) is 0 Å². The zero-order valence-corrected chi connectivity index (χ0v) is 11.4. The van der Waals surface area contributed by atoms with Gasteiger partial charge in [0.1, 0.15) is 5.75 Å². The van der Waals surface area contributed by atoms with E-state index >= 15 is 0 Å². The van der Waals surface area contributed by atoms with Crippen molar-refractivity contribution in [3.8, 4) is 5.75 Å². The van der Waals surface area contributed by atoms with E-state index in [-0.39, 0.29) is 5.75 Å². The number of phenols is 1. The molecule has 0 saturated heterocycles. The second kappa shape index (κ2) is 5.66. The van der Waals surface area contributed by atoms with Gasteiger partial charge in [-0.2, -0.15) is 4.98 Å². The van der Waals surface area contributed by atoms with Crippen molar-refractivity contribution in [1.29, 1.82) is 0 Å². The third-order valence-corrected chi connectivity index (χ3v) is 3.12. The number of hydrogen-bond acceptors (Lipinski definition) is 5. The first-order valence-electron chi connectivity index (χ1n) is 6.63. The van der Waals surface area contributed by atoms with Crippen LogP contribution in [-0.2, 0) is 12.8 Å². The van der Waals surface area contributed by atoms with Gasteiger partial charge in [-0.1, -0.05) is 29.4 Å². The van der Waals surface area contributed by atoms with Gasteiger partial charge < -0.3 is 15.4 Å². The van der Waals surface area contributed by atoms with Gasteiger partial charge in [0.15, 0.2) is 5.82 Å². The fourth-order valence-electron chi connectivity index (χ4n) is 2.11. The number of hydrogen-bond donors (Lipinski definition) is 2. The maximum absolute atomic E-state index is 9.25. The summed E-state index contributed by atoms with van der Waals surface area (Å²) >= 11 is 0. The van der Waals surface area contributed by atoms with Crippen LogP contribution in [0.3, 0.4) is 0 Å². The largest absolute Gasteiger partial charge is 0.508 e. The van der Waals surface area contributed by atoms with Crippen LogP contribution < -0.4 is 5.73 Å². The molecule has 1 heterocycles. The highest BCUT2D eigenvalue weighted by molar-refractivity contribution is 5.41. The first kappa shape index (κ1) is 13.2. The van der Waals surface area contributed by atoms with Gasteiger partial charge in [0.25, 0.3) is 0 Å². The molecular formula is C16H15N3O2. The number of aromatic hydroxyl groups is 1. The van der Waals surface area contributed by atoms with Crippen molar-refractivity contribution < 1.29 is 9.63 Å². The molecule has 3 rings (SSSR count). The van der Waals surface area contributed by atoms with E-state index < -0.39 is 0 Å². The molecule has 5 heteroatoms. The van der Waals surface area contributed by atoms with Gasteiger partial charge in [-0.25, -0.2) is 0 Å². The molecule has 3 N–H and O–H groups in total. The maximum atomic E-state index is 9.25. The van der Waals surface area contributed by atoms with Crippen LogP contribution in [0.5, 0.6) is 5.75 Å². The van der Waals surface area contributed by atoms with Gasteiger partial charge in [0.2, 0.25) is 5.89 Å². The molecule has 0 atom stereocenters. The number of anilines is 1. The summed E-state index contributed by atoms with van der Waals surface area (Å²) in [6, 6.07) is 14.6. The molecule has 0 aliphatic rings. The van der Waals surface area contributed by atoms with E-state index in [0.29, 0.717) is 24.6 Å². The van der Waals surface area contributed by atoms with Crippen molar-refractivity contribution in [3.05, 3.63) is 71.4 Å². The molecule has 106 valence electrons. The lowest BCUT2D eigenvalue weighted by atomic mass is 10.1. The summed E-state index contributed by atoms with van der Waals surface area (Å²) in [5.41, 5.74) is 8.52. The summed E-state index contributed by atoms with van der Waals surface area (Å²) < 4.78 is 5.25. The lowest BCUT2D eigenvalue weighted by molar-refractivity contribution is 0.380. The van der Waals surface area contributed by atoms with Crippen LogP contribution in [0.1, 0.15) is 22.8 Å². The summed E-state index contributed by atoms with van der Waals surface area (Å²) in [4.78, 5) is 4.37. The first-order chi connectivity index (χ1) is 10.2. The summed E-state index contributed by atoms with van der Waals surface area (Å²) in [5.74, 6) is 1.43. The number of benzene rings is 2. The molecule has 0 aliphatic heterocycles. The van der Waals surface area contributed by atoms with Gasteiger partial charge in [0, 0.05) is 12.1 Å². The van der Waals surface area contributed by atoms with Crippen LogP contribution in [0.15, 0.2) is 53.1 Å². The van der Waals surface area contributed by atoms with E-state index in [1.165, 1.54) is 0 Å². The standard InChI is InChI=1S/C16H15N3O2/c17-13-3-1-2-12(8-13)10-16-18-15(19-21-16)9-11-4-6-14(20)7-5-11/h1-8,20H,9-10,17H2. The van der Waals surface area contributed by atoms with Gasteiger partial charge in [-0.3, -0.25) is 0 Å². The zero-order chi connectivity index (χ0) is 14.7. The van der Waals surface area contributed by atoms with E-state index in [4.69, 9.17) is 10.3 Å². The van der Waals surface area contributed by atoms with Gasteiger partial charge in [-0.15, -0.1) is 0 Å². The minimum absolute atomic E-state index is 0.245. The number of nitrogens with zero attached hydrogens (tertiary/aromatic N) is 2. The Balaban J connectivity index is 1.70. The van der Waals surface area contributed by atoms with E-state index in [1.807, 2.05) is 36.4 Å². The van der Waals surface area contributed by atoms with E-state index in [0.717, 1.165) is 16.8 Å². The number of phenolic OH excluding ortho intramolecular Hbond substituents is 1. The average Bonchev–Trinajstić information content (AvgIpc) is 2.89. The number of nitrogen functional groups attached to an aromatic ring is 1. The summed E-state index contributed by atoms with van der Waals surface area (Å²) in [6.07, 6.45) is 1.13. The third kappa shape index (κ3) is 3.39. The Kier molecular flexibility index (Phi) is 3.55. The van der Waals surface area contributed by atoms with Crippen molar-refractivity contribution in [3.63, 3.8) is 0 Å². The predicted molar refractivity (Wildman–Crippen MR) is 78.9 cm³/mol. The summed E-state index contributed by atoms with van der Waals surface area (Å²) in [5, 5.41) is 13.2. The highest BCUT2D eigenvalue weighted by atomic mass is 16.5. The van der Waals surface area contributed by atoms with E-state index in [1.54, 1.807) is 12.1 Å². The zero-order valence-electron chi connectivity index (χ0n) is 11.4. The molecular weight excluding hydrogens is 266 g/mol. The normalized spacial score (nSPS) is 10.7. The Bertz CT molecular complexity index is 735. The molecule has 0 aliphatic carbocycles. The predicted octanol–water partition coefficient (Wildman–Crippen LogP) is 2.54. The Morgan fingerprint density at radius 3 is 2.57 bits per heavy atom. The molecule has 0 spiro atoms. The molecule has 0 bridgehead atoms. The number of aromatic nitrogens is 2.